The maximum Gasteiger partial charge on any atom is 0.295 e. The number of aliphatic hydroxyl groups excluding tert-OH is 1. The summed E-state index contributed by atoms with van der Waals surface area (Å²) < 4.78 is 6.46. The molecule has 1 N–H and O–H groups in total. The number of ketones is 1. The van der Waals surface area contributed by atoms with Crippen LogP contribution in [-0.2, 0) is 14.3 Å². The monoisotopic (exact) mass is 458 g/mol. The van der Waals surface area contributed by atoms with Crippen LogP contribution in [0.2, 0.25) is 0 Å². The first-order valence-corrected chi connectivity index (χ1v) is 10.2. The molecule has 1 aromatic heterocycles. The number of aryl methyl sites for hydroxylation is 1. The van der Waals surface area contributed by atoms with Crippen LogP contribution in [0.15, 0.2) is 52.6 Å². The molecular formula is C22H23BrN2O4. The SMILES string of the molecule is Cc1cc(/C(O)=C2/C(=O)C(=O)N(CCOC(C)C)C2c2ccccn2)ccc1Br. The minimum absolute atomic E-state index is 0.00543. The summed E-state index contributed by atoms with van der Waals surface area (Å²) >= 11 is 3.43. The van der Waals surface area contributed by atoms with E-state index < -0.39 is 17.7 Å². The number of likely N-dealkylation sites (tertiary alicyclic amines) is 1. The number of Topliss-reactive ketones (excluding diaryl/α,β-unsaturated/α-hetero) is 1. The van der Waals surface area contributed by atoms with Crippen LogP contribution in [0, 0.1) is 6.92 Å². The Labute approximate surface area is 178 Å². The van der Waals surface area contributed by atoms with Gasteiger partial charge in [-0.2, -0.15) is 0 Å². The molecule has 1 aromatic carbocycles. The third-order valence-corrected chi connectivity index (χ3v) is 5.61. The Balaban J connectivity index is 2.09. The highest BCUT2D eigenvalue weighted by molar-refractivity contribution is 9.10. The van der Waals surface area contributed by atoms with Crippen molar-refractivity contribution in [1.82, 2.24) is 9.88 Å². The Morgan fingerprint density at radius 1 is 1.28 bits per heavy atom. The van der Waals surface area contributed by atoms with Crippen LogP contribution in [0.25, 0.3) is 5.76 Å². The zero-order valence-corrected chi connectivity index (χ0v) is 18.1. The molecule has 1 fully saturated rings. The van der Waals surface area contributed by atoms with Crippen molar-refractivity contribution < 1.29 is 19.4 Å². The highest BCUT2D eigenvalue weighted by atomic mass is 79.9. The highest BCUT2D eigenvalue weighted by Crippen LogP contribution is 2.38. The molecule has 29 heavy (non-hydrogen) atoms. The van der Waals surface area contributed by atoms with Crippen molar-refractivity contribution in [2.45, 2.75) is 32.9 Å². The van der Waals surface area contributed by atoms with Gasteiger partial charge in [-0.1, -0.05) is 28.1 Å². The molecule has 2 aromatic rings. The lowest BCUT2D eigenvalue weighted by molar-refractivity contribution is -0.140. The molecule has 0 bridgehead atoms. The standard InChI is InChI=1S/C22H23BrN2O4/c1-13(2)29-11-10-25-19(17-6-4-5-9-24-17)18(21(27)22(25)28)20(26)15-7-8-16(23)14(3)12-15/h4-9,12-13,19,26H,10-11H2,1-3H3/b20-18-. The van der Waals surface area contributed by atoms with Crippen LogP contribution in [0.4, 0.5) is 0 Å². The van der Waals surface area contributed by atoms with Gasteiger partial charge in [-0.3, -0.25) is 14.6 Å². The van der Waals surface area contributed by atoms with Gasteiger partial charge < -0.3 is 14.7 Å². The molecule has 2 heterocycles. The van der Waals surface area contributed by atoms with Gasteiger partial charge in [-0.25, -0.2) is 0 Å². The number of amides is 1. The molecule has 6 nitrogen and oxygen atoms in total. The molecular weight excluding hydrogens is 436 g/mol. The average Bonchev–Trinajstić information content (AvgIpc) is 2.95. The fourth-order valence-corrected chi connectivity index (χ4v) is 3.54. The lowest BCUT2D eigenvalue weighted by atomic mass is 9.97. The number of carbonyl (C=O) groups is 2. The summed E-state index contributed by atoms with van der Waals surface area (Å²) in [5.41, 5.74) is 1.94. The fourth-order valence-electron chi connectivity index (χ4n) is 3.29. The van der Waals surface area contributed by atoms with Gasteiger partial charge in [0.2, 0.25) is 0 Å². The Bertz CT molecular complexity index is 957. The van der Waals surface area contributed by atoms with Gasteiger partial charge in [0, 0.05) is 22.8 Å². The zero-order chi connectivity index (χ0) is 21.1. The van der Waals surface area contributed by atoms with E-state index in [4.69, 9.17) is 4.74 Å². The maximum absolute atomic E-state index is 12.9. The van der Waals surface area contributed by atoms with E-state index in [9.17, 15) is 14.7 Å². The lowest BCUT2D eigenvalue weighted by Gasteiger charge is -2.24. The third-order valence-electron chi connectivity index (χ3n) is 4.72. The number of pyridine rings is 1. The topological polar surface area (TPSA) is 79.7 Å². The summed E-state index contributed by atoms with van der Waals surface area (Å²) in [7, 11) is 0. The summed E-state index contributed by atoms with van der Waals surface area (Å²) in [5, 5.41) is 11.0. The van der Waals surface area contributed by atoms with Crippen LogP contribution in [0.5, 0.6) is 0 Å². The third kappa shape index (κ3) is 4.41. The molecule has 3 rings (SSSR count). The Kier molecular flexibility index (Phi) is 6.49. The van der Waals surface area contributed by atoms with Crippen molar-refractivity contribution in [3.63, 3.8) is 0 Å². The minimum atomic E-state index is -0.768. The van der Waals surface area contributed by atoms with E-state index in [2.05, 4.69) is 20.9 Å². The second kappa shape index (κ2) is 8.88. The predicted octanol–water partition coefficient (Wildman–Crippen LogP) is 4.00. The Morgan fingerprint density at radius 2 is 2.03 bits per heavy atom. The molecule has 0 saturated carbocycles. The van der Waals surface area contributed by atoms with E-state index in [0.717, 1.165) is 10.0 Å². The summed E-state index contributed by atoms with van der Waals surface area (Å²) in [6, 6.07) is 9.80. The van der Waals surface area contributed by atoms with Crippen LogP contribution in [0.1, 0.15) is 36.7 Å². The molecule has 0 radical (unpaired) electrons. The van der Waals surface area contributed by atoms with E-state index in [1.165, 1.54) is 4.90 Å². The number of benzene rings is 1. The van der Waals surface area contributed by atoms with E-state index in [1.807, 2.05) is 20.8 Å². The predicted molar refractivity (Wildman–Crippen MR) is 113 cm³/mol. The van der Waals surface area contributed by atoms with Gasteiger partial charge in [0.25, 0.3) is 11.7 Å². The first kappa shape index (κ1) is 21.2. The second-order valence-electron chi connectivity index (χ2n) is 7.13. The largest absolute Gasteiger partial charge is 0.507 e. The highest BCUT2D eigenvalue weighted by Gasteiger charge is 2.46. The molecule has 0 spiro atoms. The second-order valence-corrected chi connectivity index (χ2v) is 7.98. The normalized spacial score (nSPS) is 18.7. The zero-order valence-electron chi connectivity index (χ0n) is 16.6. The Morgan fingerprint density at radius 3 is 2.66 bits per heavy atom. The molecule has 1 unspecified atom stereocenters. The minimum Gasteiger partial charge on any atom is -0.507 e. The van der Waals surface area contributed by atoms with Crippen LogP contribution in [-0.4, -0.2) is 45.9 Å². The fraction of sp³-hybridized carbons (Fsp3) is 0.318. The molecule has 1 saturated heterocycles. The number of hydrogen-bond acceptors (Lipinski definition) is 5. The van der Waals surface area contributed by atoms with Crippen molar-refractivity contribution in [3.05, 3.63) is 69.5 Å². The number of aromatic nitrogens is 1. The van der Waals surface area contributed by atoms with Crippen LogP contribution >= 0.6 is 15.9 Å². The van der Waals surface area contributed by atoms with Gasteiger partial charge in [-0.15, -0.1) is 0 Å². The smallest absolute Gasteiger partial charge is 0.295 e. The summed E-state index contributed by atoms with van der Waals surface area (Å²) in [4.78, 5) is 31.4. The number of aliphatic hydroxyl groups is 1. The maximum atomic E-state index is 12.9. The first-order valence-electron chi connectivity index (χ1n) is 9.38. The molecule has 1 atom stereocenters. The number of carbonyl (C=O) groups excluding carboxylic acids is 2. The molecule has 1 aliphatic rings. The molecule has 152 valence electrons. The van der Waals surface area contributed by atoms with Crippen molar-refractivity contribution in [1.29, 1.82) is 0 Å². The summed E-state index contributed by atoms with van der Waals surface area (Å²) in [6.07, 6.45) is 1.61. The average molecular weight is 459 g/mol. The quantitative estimate of drug-likeness (QED) is 0.402. The van der Waals surface area contributed by atoms with Crippen molar-refractivity contribution in [2.24, 2.45) is 0 Å². The first-order chi connectivity index (χ1) is 13.8. The number of nitrogens with zero attached hydrogens (tertiary/aromatic N) is 2. The number of rotatable bonds is 6. The van der Waals surface area contributed by atoms with Gasteiger partial charge in [0.05, 0.1) is 24.0 Å². The molecule has 1 amide bonds. The number of halogens is 1. The van der Waals surface area contributed by atoms with Gasteiger partial charge in [0.1, 0.15) is 11.8 Å². The molecule has 7 heteroatoms. The lowest BCUT2D eigenvalue weighted by Crippen LogP contribution is -2.33. The van der Waals surface area contributed by atoms with Crippen molar-refractivity contribution >= 4 is 33.4 Å². The van der Waals surface area contributed by atoms with Gasteiger partial charge >= 0.3 is 0 Å². The van der Waals surface area contributed by atoms with Gasteiger partial charge in [0.15, 0.2) is 0 Å². The van der Waals surface area contributed by atoms with E-state index >= 15 is 0 Å². The van der Waals surface area contributed by atoms with E-state index in [1.54, 1.807) is 42.6 Å². The molecule has 1 aliphatic heterocycles. The number of ether oxygens (including phenoxy) is 1. The van der Waals surface area contributed by atoms with E-state index in [-0.39, 0.29) is 30.6 Å². The van der Waals surface area contributed by atoms with Crippen LogP contribution < -0.4 is 0 Å². The summed E-state index contributed by atoms with van der Waals surface area (Å²) in [5.74, 6) is -1.59. The van der Waals surface area contributed by atoms with Crippen molar-refractivity contribution in [2.75, 3.05) is 13.2 Å². The number of hydrogen-bond donors (Lipinski definition) is 1. The van der Waals surface area contributed by atoms with Crippen LogP contribution in [0.3, 0.4) is 0 Å². The summed E-state index contributed by atoms with van der Waals surface area (Å²) in [6.45, 7) is 6.20. The van der Waals surface area contributed by atoms with Crippen molar-refractivity contribution in [3.8, 4) is 0 Å². The van der Waals surface area contributed by atoms with Gasteiger partial charge in [-0.05, 0) is 50.6 Å². The van der Waals surface area contributed by atoms with E-state index in [0.29, 0.717) is 11.3 Å². The molecule has 0 aliphatic carbocycles. The Hall–Kier alpha value is -2.51.